The lowest BCUT2D eigenvalue weighted by Crippen LogP contribution is -2.36. The van der Waals surface area contributed by atoms with Gasteiger partial charge in [0.15, 0.2) is 0 Å². The van der Waals surface area contributed by atoms with E-state index in [1.807, 2.05) is 27.7 Å². The van der Waals surface area contributed by atoms with Crippen LogP contribution in [0, 0.1) is 0 Å². The predicted octanol–water partition coefficient (Wildman–Crippen LogP) is 0.708. The summed E-state index contributed by atoms with van der Waals surface area (Å²) < 4.78 is 48.6. The van der Waals surface area contributed by atoms with Crippen molar-refractivity contribution >= 4 is 26.0 Å². The molecular formula is C10H20N4O4S2. The smallest absolute Gasteiger partial charge is 0.245 e. The molecule has 20 heavy (non-hydrogen) atoms. The van der Waals surface area contributed by atoms with E-state index in [0.29, 0.717) is 5.82 Å². The Kier molecular flexibility index (Phi) is 4.49. The summed E-state index contributed by atoms with van der Waals surface area (Å²) in [5.41, 5.74) is 0. The van der Waals surface area contributed by atoms with Gasteiger partial charge < -0.3 is 0 Å². The topological polar surface area (TPSA) is 102 Å². The molecule has 1 aromatic rings. The number of hydrogen-bond acceptors (Lipinski definition) is 6. The van der Waals surface area contributed by atoms with Crippen molar-refractivity contribution in [3.05, 3.63) is 5.82 Å². The third-order valence-corrected chi connectivity index (χ3v) is 5.57. The molecule has 1 heterocycles. The van der Waals surface area contributed by atoms with Crippen molar-refractivity contribution in [1.29, 1.82) is 0 Å². The van der Waals surface area contributed by atoms with E-state index in [-0.39, 0.29) is 21.6 Å². The highest BCUT2D eigenvalue weighted by molar-refractivity contribution is 8.09. The van der Waals surface area contributed by atoms with E-state index in [1.54, 1.807) is 0 Å². The zero-order valence-electron chi connectivity index (χ0n) is 12.4. The molecule has 0 N–H and O–H groups in total. The van der Waals surface area contributed by atoms with Crippen LogP contribution in [0.2, 0.25) is 0 Å². The lowest BCUT2D eigenvalue weighted by Gasteiger charge is -2.15. The molecule has 1 aromatic heterocycles. The van der Waals surface area contributed by atoms with Crippen LogP contribution in [0.25, 0.3) is 0 Å². The second-order valence-electron chi connectivity index (χ2n) is 5.19. The molecule has 0 aliphatic rings. The lowest BCUT2D eigenvalue weighted by atomic mass is 10.2. The summed E-state index contributed by atoms with van der Waals surface area (Å²) in [6.45, 7) is 7.46. The van der Waals surface area contributed by atoms with Crippen LogP contribution in [-0.4, -0.2) is 44.1 Å². The van der Waals surface area contributed by atoms with Crippen LogP contribution in [0.5, 0.6) is 0 Å². The molecular weight excluding hydrogens is 304 g/mol. The summed E-state index contributed by atoms with van der Waals surface area (Å²) in [6.07, 6.45) is 1.61. The molecule has 0 atom stereocenters. The summed E-state index contributed by atoms with van der Waals surface area (Å²) in [7, 11) is -8.05. The standard InChI is InChI=1S/C10H20N4O4S2/c1-7(2)9-11-10(12-13(9)8(3)4)14(19(5,15)16)20(6,17)18/h7-8H,1-6H3. The van der Waals surface area contributed by atoms with Crippen molar-refractivity contribution in [3.8, 4) is 0 Å². The van der Waals surface area contributed by atoms with Crippen LogP contribution in [0.1, 0.15) is 45.5 Å². The van der Waals surface area contributed by atoms with Gasteiger partial charge in [-0.2, -0.15) is 4.98 Å². The van der Waals surface area contributed by atoms with Gasteiger partial charge in [0.2, 0.25) is 20.0 Å². The minimum Gasteiger partial charge on any atom is -0.245 e. The number of nitrogens with zero attached hydrogens (tertiary/aromatic N) is 4. The fraction of sp³-hybridized carbons (Fsp3) is 0.800. The van der Waals surface area contributed by atoms with Gasteiger partial charge in [-0.1, -0.05) is 13.8 Å². The van der Waals surface area contributed by atoms with E-state index in [2.05, 4.69) is 10.1 Å². The summed E-state index contributed by atoms with van der Waals surface area (Å²) in [4.78, 5) is 4.08. The fourth-order valence-electron chi connectivity index (χ4n) is 1.72. The van der Waals surface area contributed by atoms with Gasteiger partial charge >= 0.3 is 0 Å². The maximum Gasteiger partial charge on any atom is 0.272 e. The van der Waals surface area contributed by atoms with Gasteiger partial charge in [0.1, 0.15) is 5.82 Å². The summed E-state index contributed by atoms with van der Waals surface area (Å²) in [5, 5.41) is 4.04. The fourth-order valence-corrected chi connectivity index (χ4v) is 4.43. The van der Waals surface area contributed by atoms with Crippen LogP contribution >= 0.6 is 0 Å². The second kappa shape index (κ2) is 5.32. The number of sulfonamides is 2. The first kappa shape index (κ1) is 16.9. The number of hydrogen-bond donors (Lipinski definition) is 0. The Labute approximate surface area is 119 Å². The van der Waals surface area contributed by atoms with E-state index < -0.39 is 20.0 Å². The quantitative estimate of drug-likeness (QED) is 0.790. The van der Waals surface area contributed by atoms with Gasteiger partial charge in [0.25, 0.3) is 5.95 Å². The van der Waals surface area contributed by atoms with Crippen LogP contribution in [0.4, 0.5) is 5.95 Å². The van der Waals surface area contributed by atoms with E-state index in [0.717, 1.165) is 12.5 Å². The number of aromatic nitrogens is 3. The minimum absolute atomic E-state index is 0.0142. The zero-order chi connectivity index (χ0) is 15.9. The van der Waals surface area contributed by atoms with E-state index in [4.69, 9.17) is 0 Å². The van der Waals surface area contributed by atoms with Crippen molar-refractivity contribution in [1.82, 2.24) is 14.8 Å². The Morgan fingerprint density at radius 2 is 1.45 bits per heavy atom. The van der Waals surface area contributed by atoms with E-state index in [9.17, 15) is 16.8 Å². The minimum atomic E-state index is -4.02. The molecule has 0 radical (unpaired) electrons. The van der Waals surface area contributed by atoms with Crippen molar-refractivity contribution < 1.29 is 16.8 Å². The molecule has 0 aliphatic heterocycles. The number of rotatable bonds is 5. The molecule has 0 spiro atoms. The molecule has 0 bridgehead atoms. The summed E-state index contributed by atoms with van der Waals surface area (Å²) in [6, 6.07) is -0.0605. The van der Waals surface area contributed by atoms with Crippen LogP contribution in [0.15, 0.2) is 0 Å². The second-order valence-corrected chi connectivity index (χ2v) is 9.08. The van der Waals surface area contributed by atoms with Gasteiger partial charge in [-0.05, 0) is 13.8 Å². The van der Waals surface area contributed by atoms with Crippen molar-refractivity contribution in [2.45, 2.75) is 39.7 Å². The molecule has 0 fully saturated rings. The van der Waals surface area contributed by atoms with Crippen molar-refractivity contribution in [3.63, 3.8) is 0 Å². The largest absolute Gasteiger partial charge is 0.272 e. The molecule has 0 amide bonds. The number of anilines is 1. The Hall–Kier alpha value is -1.16. The molecule has 1 rings (SSSR count). The Bertz CT molecular complexity index is 631. The third-order valence-electron chi connectivity index (χ3n) is 2.42. The molecule has 116 valence electrons. The SMILES string of the molecule is CC(C)c1nc(N(S(C)(=O)=O)S(C)(=O)=O)nn1C(C)C. The van der Waals surface area contributed by atoms with Gasteiger partial charge in [-0.15, -0.1) is 8.81 Å². The van der Waals surface area contributed by atoms with Gasteiger partial charge in [0, 0.05) is 12.0 Å². The first-order valence-electron chi connectivity index (χ1n) is 6.02. The molecule has 0 saturated heterocycles. The third kappa shape index (κ3) is 3.48. The molecule has 10 heteroatoms. The highest BCUT2D eigenvalue weighted by atomic mass is 32.3. The highest BCUT2D eigenvalue weighted by Gasteiger charge is 2.32. The molecule has 8 nitrogen and oxygen atoms in total. The maximum absolute atomic E-state index is 11.7. The first-order chi connectivity index (χ1) is 8.85. The monoisotopic (exact) mass is 324 g/mol. The average Bonchev–Trinajstić information content (AvgIpc) is 2.57. The molecule has 0 saturated carbocycles. The Morgan fingerprint density at radius 1 is 1.00 bits per heavy atom. The van der Waals surface area contributed by atoms with Crippen molar-refractivity contribution in [2.24, 2.45) is 0 Å². The van der Waals surface area contributed by atoms with Crippen LogP contribution in [-0.2, 0) is 20.0 Å². The zero-order valence-corrected chi connectivity index (χ0v) is 14.0. The van der Waals surface area contributed by atoms with Crippen LogP contribution < -0.4 is 3.71 Å². The van der Waals surface area contributed by atoms with E-state index in [1.165, 1.54) is 4.68 Å². The Morgan fingerprint density at radius 3 is 1.70 bits per heavy atom. The predicted molar refractivity (Wildman–Crippen MR) is 76.7 cm³/mol. The summed E-state index contributed by atoms with van der Waals surface area (Å²) >= 11 is 0. The molecule has 0 unspecified atom stereocenters. The van der Waals surface area contributed by atoms with E-state index >= 15 is 0 Å². The normalized spacial score (nSPS) is 13.2. The molecule has 0 aromatic carbocycles. The lowest BCUT2D eigenvalue weighted by molar-refractivity contribution is 0.493. The first-order valence-corrected chi connectivity index (χ1v) is 9.72. The summed E-state index contributed by atoms with van der Waals surface area (Å²) in [5.74, 6) is 0.180. The molecule has 0 aliphatic carbocycles. The van der Waals surface area contributed by atoms with Gasteiger partial charge in [-0.3, -0.25) is 0 Å². The van der Waals surface area contributed by atoms with Gasteiger partial charge in [-0.25, -0.2) is 21.5 Å². The Balaban J connectivity index is 3.57. The maximum atomic E-state index is 11.7. The highest BCUT2D eigenvalue weighted by Crippen LogP contribution is 2.23. The van der Waals surface area contributed by atoms with Gasteiger partial charge in [0.05, 0.1) is 12.5 Å². The van der Waals surface area contributed by atoms with Crippen LogP contribution in [0.3, 0.4) is 0 Å². The van der Waals surface area contributed by atoms with Crippen molar-refractivity contribution in [2.75, 3.05) is 16.2 Å². The average molecular weight is 324 g/mol.